The van der Waals surface area contributed by atoms with E-state index >= 15 is 0 Å². The molecule has 3 rings (SSSR count). The molecule has 0 atom stereocenters. The second-order valence-electron chi connectivity index (χ2n) is 6.51. The molecular weight excluding hydrogens is 508 g/mol. The Morgan fingerprint density at radius 1 is 0.852 bits per heavy atom. The van der Waals surface area contributed by atoms with E-state index in [4.69, 9.17) is 8.37 Å². The van der Waals surface area contributed by atoms with Gasteiger partial charge in [0, 0.05) is 29.1 Å². The molecule has 0 spiro atoms. The normalized spacial score (nSPS) is 12.0. The van der Waals surface area contributed by atoms with Gasteiger partial charge in [0.1, 0.15) is 0 Å². The molecule has 0 fully saturated rings. The summed E-state index contributed by atoms with van der Waals surface area (Å²) in [5, 5.41) is 0. The molecule has 2 aromatic rings. The molecule has 0 N–H and O–H groups in total. The highest BCUT2D eigenvalue weighted by Gasteiger charge is 2.28. The number of fused-ring (bicyclic) bond motifs is 3. The van der Waals surface area contributed by atoms with E-state index in [1.807, 2.05) is 0 Å². The summed E-state index contributed by atoms with van der Waals surface area (Å²) in [5.74, 6) is 3.89. The summed E-state index contributed by atoms with van der Waals surface area (Å²) in [6, 6.07) is 8.53. The number of rotatable bonds is 10. The molecule has 0 heterocycles. The summed E-state index contributed by atoms with van der Waals surface area (Å²) in [4.78, 5) is 0. The third-order valence-corrected chi connectivity index (χ3v) is 7.22. The Bertz CT molecular complexity index is 796. The molecule has 0 radical (unpaired) electrons. The van der Waals surface area contributed by atoms with Gasteiger partial charge in [-0.25, -0.2) is 0 Å². The lowest BCUT2D eigenvalue weighted by molar-refractivity contribution is 0.631. The molecule has 0 unspecified atom stereocenters. The molecule has 0 saturated carbocycles. The molecule has 146 valence electrons. The minimum atomic E-state index is 0.872. The fourth-order valence-corrected chi connectivity index (χ4v) is 5.68. The maximum atomic E-state index is 6.13. The molecule has 1 aliphatic carbocycles. The molecule has 0 amide bonds. The molecule has 1 aliphatic rings. The molecule has 2 aromatic carbocycles. The van der Waals surface area contributed by atoms with Crippen LogP contribution in [0.15, 0.2) is 33.2 Å². The van der Waals surface area contributed by atoms with Crippen molar-refractivity contribution in [1.29, 1.82) is 0 Å². The quantitative estimate of drug-likeness (QED) is 0.193. The van der Waals surface area contributed by atoms with Gasteiger partial charge < -0.3 is 8.37 Å². The van der Waals surface area contributed by atoms with Crippen LogP contribution in [-0.2, 0) is 6.42 Å². The van der Waals surface area contributed by atoms with Crippen molar-refractivity contribution in [2.24, 2.45) is 0 Å². The van der Waals surface area contributed by atoms with Crippen LogP contribution in [0.5, 0.6) is 11.5 Å². The Kier molecular flexibility index (Phi) is 8.30. The minimum Gasteiger partial charge on any atom is -0.424 e. The van der Waals surface area contributed by atoms with E-state index in [0.717, 1.165) is 51.2 Å². The maximum absolute atomic E-state index is 6.13. The summed E-state index contributed by atoms with van der Waals surface area (Å²) in [7, 11) is 0. The number of benzene rings is 2. The van der Waals surface area contributed by atoms with Gasteiger partial charge in [-0.2, -0.15) is 0 Å². The molecule has 0 aromatic heterocycles. The summed E-state index contributed by atoms with van der Waals surface area (Å²) < 4.78 is 14.3. The van der Waals surface area contributed by atoms with Crippen LogP contribution < -0.4 is 8.37 Å². The van der Waals surface area contributed by atoms with Crippen molar-refractivity contribution < 1.29 is 8.37 Å². The lowest BCUT2D eigenvalue weighted by Crippen LogP contribution is -1.92. The summed E-state index contributed by atoms with van der Waals surface area (Å²) in [6.07, 6.45) is 5.56. The van der Waals surface area contributed by atoms with Gasteiger partial charge in [-0.3, -0.25) is 0 Å². The number of hydrogen-bond acceptors (Lipinski definition) is 4. The first-order valence-electron chi connectivity index (χ1n) is 9.39. The molecule has 6 heteroatoms. The SMILES string of the molecule is CCCCSOc1c(Br)ccc2c1Cc1ccc(Br)c(OSCCCC)c1-2. The van der Waals surface area contributed by atoms with Gasteiger partial charge in [-0.1, -0.05) is 38.8 Å². The molecule has 2 nitrogen and oxygen atoms in total. The first-order valence-corrected chi connectivity index (χ1v) is 12.8. The van der Waals surface area contributed by atoms with Gasteiger partial charge in [0.25, 0.3) is 0 Å². The van der Waals surface area contributed by atoms with Crippen molar-refractivity contribution in [3.05, 3.63) is 44.3 Å². The smallest absolute Gasteiger partial charge is 0.159 e. The van der Waals surface area contributed by atoms with E-state index in [1.54, 1.807) is 12.0 Å². The predicted octanol–water partition coefficient (Wildman–Crippen LogP) is 8.44. The van der Waals surface area contributed by atoms with Crippen LogP contribution in [0, 0.1) is 0 Å². The standard InChI is InChI=1S/C21H24Br2O2S2/c1-3-5-11-26-24-20-16-13-14-7-9-18(23)21(25-27-12-6-4-2)19(14)15(16)8-10-17(20)22/h7-10H,3-6,11-13H2,1-2H3. The van der Waals surface area contributed by atoms with Crippen molar-refractivity contribution in [3.63, 3.8) is 0 Å². The van der Waals surface area contributed by atoms with E-state index in [2.05, 4.69) is 70.0 Å². The summed E-state index contributed by atoms with van der Waals surface area (Å²) in [6.45, 7) is 4.40. The van der Waals surface area contributed by atoms with E-state index in [1.165, 1.54) is 47.1 Å². The molecule has 0 saturated heterocycles. The van der Waals surface area contributed by atoms with Crippen LogP contribution in [0.3, 0.4) is 0 Å². The highest BCUT2D eigenvalue weighted by Crippen LogP contribution is 2.51. The number of hydrogen-bond donors (Lipinski definition) is 0. The zero-order valence-corrected chi connectivity index (χ0v) is 20.5. The third kappa shape index (κ3) is 5.01. The highest BCUT2D eigenvalue weighted by molar-refractivity contribution is 9.11. The highest BCUT2D eigenvalue weighted by atomic mass is 79.9. The monoisotopic (exact) mass is 530 g/mol. The number of unbranched alkanes of at least 4 members (excludes halogenated alkanes) is 2. The average molecular weight is 532 g/mol. The van der Waals surface area contributed by atoms with Gasteiger partial charge in [-0.05, 0) is 68.0 Å². The lowest BCUT2D eigenvalue weighted by Gasteiger charge is -2.13. The van der Waals surface area contributed by atoms with Gasteiger partial charge in [0.2, 0.25) is 0 Å². The second-order valence-corrected chi connectivity index (χ2v) is 9.84. The second kappa shape index (κ2) is 10.5. The Hall–Kier alpha value is -0.300. The van der Waals surface area contributed by atoms with Gasteiger partial charge in [0.05, 0.1) is 33.0 Å². The average Bonchev–Trinajstić information content (AvgIpc) is 3.04. The first kappa shape index (κ1) is 21.4. The molecule has 0 bridgehead atoms. The minimum absolute atomic E-state index is 0.872. The van der Waals surface area contributed by atoms with Crippen molar-refractivity contribution in [1.82, 2.24) is 0 Å². The van der Waals surface area contributed by atoms with E-state index in [0.29, 0.717) is 0 Å². The maximum Gasteiger partial charge on any atom is 0.159 e. The topological polar surface area (TPSA) is 18.5 Å². The van der Waals surface area contributed by atoms with Crippen molar-refractivity contribution >= 4 is 55.9 Å². The zero-order chi connectivity index (χ0) is 19.2. The Morgan fingerprint density at radius 2 is 1.44 bits per heavy atom. The first-order chi connectivity index (χ1) is 13.2. The zero-order valence-electron chi connectivity index (χ0n) is 15.6. The molecular formula is C21H24Br2O2S2. The van der Waals surface area contributed by atoms with Gasteiger partial charge in [0.15, 0.2) is 11.5 Å². The van der Waals surface area contributed by atoms with E-state index in [-0.39, 0.29) is 0 Å². The van der Waals surface area contributed by atoms with Crippen molar-refractivity contribution in [2.75, 3.05) is 11.5 Å². The van der Waals surface area contributed by atoms with Crippen LogP contribution >= 0.6 is 55.9 Å². The number of halogens is 2. The van der Waals surface area contributed by atoms with Crippen LogP contribution in [0.4, 0.5) is 0 Å². The predicted molar refractivity (Wildman–Crippen MR) is 126 cm³/mol. The van der Waals surface area contributed by atoms with Crippen LogP contribution in [-0.4, -0.2) is 11.5 Å². The van der Waals surface area contributed by atoms with Gasteiger partial charge >= 0.3 is 0 Å². The molecule has 27 heavy (non-hydrogen) atoms. The molecule has 0 aliphatic heterocycles. The lowest BCUT2D eigenvalue weighted by atomic mass is 10.0. The summed E-state index contributed by atoms with van der Waals surface area (Å²) >= 11 is 10.4. The van der Waals surface area contributed by atoms with Crippen molar-refractivity contribution in [2.45, 2.75) is 46.0 Å². The largest absolute Gasteiger partial charge is 0.424 e. The summed E-state index contributed by atoms with van der Waals surface area (Å²) in [5.41, 5.74) is 4.94. The Labute approximate surface area is 187 Å². The van der Waals surface area contributed by atoms with Crippen LogP contribution in [0.25, 0.3) is 11.1 Å². The third-order valence-electron chi connectivity index (χ3n) is 4.49. The Morgan fingerprint density at radius 3 is 2.11 bits per heavy atom. The van der Waals surface area contributed by atoms with Gasteiger partial charge in [-0.15, -0.1) is 0 Å². The van der Waals surface area contributed by atoms with Crippen molar-refractivity contribution in [3.8, 4) is 22.6 Å². The van der Waals surface area contributed by atoms with E-state index < -0.39 is 0 Å². The fraction of sp³-hybridized carbons (Fsp3) is 0.429. The van der Waals surface area contributed by atoms with Crippen LogP contribution in [0.2, 0.25) is 0 Å². The Balaban J connectivity index is 1.89. The van der Waals surface area contributed by atoms with E-state index in [9.17, 15) is 0 Å². The van der Waals surface area contributed by atoms with Crippen LogP contribution in [0.1, 0.15) is 50.7 Å². The fourth-order valence-electron chi connectivity index (χ4n) is 3.02.